The van der Waals surface area contributed by atoms with Gasteiger partial charge in [-0.05, 0) is 56.1 Å². The Morgan fingerprint density at radius 1 is 1.00 bits per heavy atom. The molecular weight excluding hydrogens is 474 g/mol. The van der Waals surface area contributed by atoms with E-state index >= 15 is 0 Å². The molecule has 2 N–H and O–H groups in total. The molecule has 34 heavy (non-hydrogen) atoms. The molecule has 0 radical (unpaired) electrons. The maximum atomic E-state index is 13.9. The van der Waals surface area contributed by atoms with Crippen LogP contribution in [0.3, 0.4) is 0 Å². The SMILES string of the molecule is O=C(Oc1cccc2c(O)cccc12)C12CC3CC(CC(OC(=O)C(F)(F)S(=O)(=O)O)(C3)C1)C2. The largest absolute Gasteiger partial charge is 0.507 e. The van der Waals surface area contributed by atoms with E-state index in [1.54, 1.807) is 30.3 Å². The van der Waals surface area contributed by atoms with Gasteiger partial charge in [-0.15, -0.1) is 0 Å². The van der Waals surface area contributed by atoms with Crippen LogP contribution in [0.15, 0.2) is 36.4 Å². The number of hydrogen-bond acceptors (Lipinski definition) is 7. The molecule has 0 spiro atoms. The van der Waals surface area contributed by atoms with E-state index in [0.717, 1.165) is 6.42 Å². The molecule has 0 saturated heterocycles. The van der Waals surface area contributed by atoms with Gasteiger partial charge >= 0.3 is 27.3 Å². The summed E-state index contributed by atoms with van der Waals surface area (Å²) in [6, 6.07) is 9.71. The minimum Gasteiger partial charge on any atom is -0.507 e. The number of phenols is 1. The topological polar surface area (TPSA) is 127 Å². The van der Waals surface area contributed by atoms with Gasteiger partial charge in [0.25, 0.3) is 0 Å². The molecule has 4 bridgehead atoms. The molecule has 11 heteroatoms. The van der Waals surface area contributed by atoms with Crippen LogP contribution in [0, 0.1) is 17.3 Å². The van der Waals surface area contributed by atoms with Gasteiger partial charge in [-0.25, -0.2) is 4.79 Å². The van der Waals surface area contributed by atoms with E-state index in [1.807, 2.05) is 0 Å². The Kier molecular flexibility index (Phi) is 4.97. The monoisotopic (exact) mass is 496 g/mol. The first-order valence-electron chi connectivity index (χ1n) is 10.9. The molecule has 0 amide bonds. The molecule has 2 aromatic rings. The smallest absolute Gasteiger partial charge is 0.465 e. The summed E-state index contributed by atoms with van der Waals surface area (Å²) in [5.41, 5.74) is -2.53. The summed E-state index contributed by atoms with van der Waals surface area (Å²) in [6.45, 7) is 0. The number of phenolic OH excluding ortho intramolecular Hbond substituents is 1. The number of carbonyl (C=O) groups is 2. The van der Waals surface area contributed by atoms with Crippen molar-refractivity contribution in [2.75, 3.05) is 0 Å². The average Bonchev–Trinajstić information content (AvgIpc) is 2.72. The van der Waals surface area contributed by atoms with E-state index in [0.29, 0.717) is 23.6 Å². The van der Waals surface area contributed by atoms with Gasteiger partial charge in [-0.2, -0.15) is 17.2 Å². The van der Waals surface area contributed by atoms with Crippen LogP contribution >= 0.6 is 0 Å². The maximum Gasteiger partial charge on any atom is 0.465 e. The normalized spacial score (nSPS) is 30.3. The van der Waals surface area contributed by atoms with Crippen molar-refractivity contribution < 1.29 is 45.9 Å². The summed E-state index contributed by atoms with van der Waals surface area (Å²) in [7, 11) is -6.00. The van der Waals surface area contributed by atoms with E-state index in [4.69, 9.17) is 14.0 Å². The zero-order valence-electron chi connectivity index (χ0n) is 17.9. The van der Waals surface area contributed by atoms with Crippen LogP contribution in [0.2, 0.25) is 0 Å². The van der Waals surface area contributed by atoms with Gasteiger partial charge < -0.3 is 14.6 Å². The maximum absolute atomic E-state index is 13.9. The highest BCUT2D eigenvalue weighted by atomic mass is 32.2. The number of fused-ring (bicyclic) bond motifs is 1. The summed E-state index contributed by atoms with van der Waals surface area (Å²) < 4.78 is 69.4. The van der Waals surface area contributed by atoms with Crippen molar-refractivity contribution in [3.05, 3.63) is 36.4 Å². The minimum atomic E-state index is -6.00. The molecule has 4 aliphatic carbocycles. The summed E-state index contributed by atoms with van der Waals surface area (Å²) in [5.74, 6) is -2.84. The van der Waals surface area contributed by atoms with E-state index in [2.05, 4.69) is 0 Å². The van der Waals surface area contributed by atoms with Crippen molar-refractivity contribution in [1.29, 1.82) is 0 Å². The molecule has 4 aliphatic rings. The molecular formula is C23H22F2O8S. The molecule has 182 valence electrons. The Morgan fingerprint density at radius 3 is 2.26 bits per heavy atom. The lowest BCUT2D eigenvalue weighted by Crippen LogP contribution is -2.61. The lowest BCUT2D eigenvalue weighted by molar-refractivity contribution is -0.218. The average molecular weight is 496 g/mol. The third kappa shape index (κ3) is 3.52. The number of esters is 2. The van der Waals surface area contributed by atoms with Gasteiger partial charge in [-0.1, -0.05) is 24.3 Å². The number of benzene rings is 2. The lowest BCUT2D eigenvalue weighted by Gasteiger charge is -2.59. The van der Waals surface area contributed by atoms with Crippen LogP contribution in [0.5, 0.6) is 11.5 Å². The van der Waals surface area contributed by atoms with Crippen LogP contribution in [0.4, 0.5) is 8.78 Å². The summed E-state index contributed by atoms with van der Waals surface area (Å²) in [5, 5.41) is 6.01. The first-order valence-corrected chi connectivity index (χ1v) is 12.3. The Labute approximate surface area is 193 Å². The lowest BCUT2D eigenvalue weighted by atomic mass is 9.48. The Bertz CT molecular complexity index is 1290. The van der Waals surface area contributed by atoms with Crippen LogP contribution in [-0.4, -0.2) is 40.9 Å². The van der Waals surface area contributed by atoms with Gasteiger partial charge in [0.05, 0.1) is 5.41 Å². The van der Waals surface area contributed by atoms with Crippen molar-refractivity contribution in [2.24, 2.45) is 17.3 Å². The molecule has 6 rings (SSSR count). The molecule has 0 aliphatic heterocycles. The molecule has 4 fully saturated rings. The third-order valence-corrected chi connectivity index (χ3v) is 8.19. The first kappa shape index (κ1) is 23.0. The van der Waals surface area contributed by atoms with E-state index in [-0.39, 0.29) is 42.6 Å². The van der Waals surface area contributed by atoms with Crippen molar-refractivity contribution in [3.63, 3.8) is 0 Å². The molecule has 0 aromatic heterocycles. The predicted molar refractivity (Wildman–Crippen MR) is 114 cm³/mol. The molecule has 2 atom stereocenters. The minimum absolute atomic E-state index is 0.0239. The van der Waals surface area contributed by atoms with Crippen LogP contribution in [0.1, 0.15) is 38.5 Å². The van der Waals surface area contributed by atoms with Crippen molar-refractivity contribution in [3.8, 4) is 11.5 Å². The Balaban J connectivity index is 1.44. The van der Waals surface area contributed by atoms with Gasteiger partial charge in [0, 0.05) is 17.2 Å². The zero-order chi connectivity index (χ0) is 24.5. The Morgan fingerprint density at radius 2 is 1.62 bits per heavy atom. The number of aromatic hydroxyl groups is 1. The van der Waals surface area contributed by atoms with Crippen LogP contribution < -0.4 is 4.74 Å². The second kappa shape index (κ2) is 7.35. The van der Waals surface area contributed by atoms with E-state index in [1.165, 1.54) is 6.07 Å². The molecule has 0 heterocycles. The number of rotatable bonds is 5. The van der Waals surface area contributed by atoms with Gasteiger partial charge in [0.2, 0.25) is 0 Å². The van der Waals surface area contributed by atoms with E-state index < -0.39 is 38.3 Å². The van der Waals surface area contributed by atoms with Gasteiger partial charge in [0.15, 0.2) is 0 Å². The standard InChI is InChI=1S/C23H22F2O8S/c24-23(25,34(29,30)31)20(28)33-22-10-13-7-14(11-22)9-21(8-13,12-22)19(27)32-18-6-2-3-15-16(18)4-1-5-17(15)26/h1-6,13-14,26H,7-12H2,(H,29,30,31). The fraction of sp³-hybridized carbons (Fsp3) is 0.478. The quantitative estimate of drug-likeness (QED) is 0.363. The third-order valence-electron chi connectivity index (χ3n) is 7.37. The number of ether oxygens (including phenoxy) is 2. The fourth-order valence-corrected chi connectivity index (χ4v) is 6.71. The highest BCUT2D eigenvalue weighted by Gasteiger charge is 2.65. The second-order valence-electron chi connectivity index (χ2n) is 9.82. The van der Waals surface area contributed by atoms with Crippen molar-refractivity contribution in [2.45, 2.75) is 49.4 Å². The van der Waals surface area contributed by atoms with Crippen LogP contribution in [0.25, 0.3) is 10.8 Å². The molecule has 4 saturated carbocycles. The fourth-order valence-electron chi connectivity index (χ4n) is 6.46. The second-order valence-corrected chi connectivity index (χ2v) is 11.3. The molecule has 2 aromatic carbocycles. The number of halogens is 2. The summed E-state index contributed by atoms with van der Waals surface area (Å²) >= 11 is 0. The predicted octanol–water partition coefficient (Wildman–Crippen LogP) is 3.81. The van der Waals surface area contributed by atoms with Crippen LogP contribution in [-0.2, 0) is 24.4 Å². The zero-order valence-corrected chi connectivity index (χ0v) is 18.7. The Hall–Kier alpha value is -2.79. The first-order chi connectivity index (χ1) is 15.8. The number of carbonyl (C=O) groups excluding carboxylic acids is 2. The number of alkyl halides is 2. The summed E-state index contributed by atoms with van der Waals surface area (Å²) in [6.07, 6.45) is 2.00. The van der Waals surface area contributed by atoms with E-state index in [9.17, 15) is 31.9 Å². The van der Waals surface area contributed by atoms with Gasteiger partial charge in [-0.3, -0.25) is 9.35 Å². The van der Waals surface area contributed by atoms with Crippen molar-refractivity contribution in [1.82, 2.24) is 0 Å². The highest BCUT2D eigenvalue weighted by molar-refractivity contribution is 7.87. The molecule has 2 unspecified atom stereocenters. The summed E-state index contributed by atoms with van der Waals surface area (Å²) in [4.78, 5) is 25.6. The number of hydrogen-bond donors (Lipinski definition) is 2. The highest BCUT2D eigenvalue weighted by Crippen LogP contribution is 2.63. The van der Waals surface area contributed by atoms with Gasteiger partial charge in [0.1, 0.15) is 17.1 Å². The van der Waals surface area contributed by atoms with Crippen molar-refractivity contribution >= 4 is 32.8 Å². The molecule has 8 nitrogen and oxygen atoms in total.